The molecule has 0 unspecified atom stereocenters. The van der Waals surface area contributed by atoms with Crippen LogP contribution in [0.2, 0.25) is 0 Å². The Labute approximate surface area is 177 Å². The third kappa shape index (κ3) is 8.87. The predicted octanol–water partition coefficient (Wildman–Crippen LogP) is 2.38. The zero-order valence-electron chi connectivity index (χ0n) is 19.1. The van der Waals surface area contributed by atoms with Gasteiger partial charge in [0.15, 0.2) is 6.10 Å². The second kappa shape index (κ2) is 9.99. The molecule has 1 saturated heterocycles. The summed E-state index contributed by atoms with van der Waals surface area (Å²) in [5.74, 6) is -1.15. The second-order valence-corrected chi connectivity index (χ2v) is 9.13. The number of alkyl carbamates (subject to hydrolysis) is 1. The number of amides is 2. The number of hydrogen-bond donors (Lipinski definition) is 1. The molecule has 1 fully saturated rings. The van der Waals surface area contributed by atoms with E-state index in [0.717, 1.165) is 0 Å². The van der Waals surface area contributed by atoms with Crippen LogP contribution in [0.3, 0.4) is 0 Å². The number of carbonyl (C=O) groups excluding carboxylic acids is 4. The van der Waals surface area contributed by atoms with E-state index in [-0.39, 0.29) is 19.5 Å². The smallest absolute Gasteiger partial charge is 0.410 e. The largest absolute Gasteiger partial charge is 0.458 e. The zero-order chi connectivity index (χ0) is 23.3. The fourth-order valence-electron chi connectivity index (χ4n) is 2.98. The first-order valence-electron chi connectivity index (χ1n) is 9.90. The summed E-state index contributed by atoms with van der Waals surface area (Å²) in [4.78, 5) is 49.5. The van der Waals surface area contributed by atoms with Crippen LogP contribution < -0.4 is 5.32 Å². The molecule has 1 aliphatic heterocycles. The van der Waals surface area contributed by atoms with Crippen LogP contribution in [0.5, 0.6) is 0 Å². The Hall–Kier alpha value is -2.52. The maximum atomic E-state index is 12.8. The van der Waals surface area contributed by atoms with Gasteiger partial charge in [0.2, 0.25) is 0 Å². The highest BCUT2D eigenvalue weighted by Crippen LogP contribution is 2.26. The summed E-state index contributed by atoms with van der Waals surface area (Å²) in [6.07, 6.45) is -2.82. The quantitative estimate of drug-likeness (QED) is 0.533. The first kappa shape index (κ1) is 25.5. The van der Waals surface area contributed by atoms with Gasteiger partial charge in [0.05, 0.1) is 6.04 Å². The number of carbonyl (C=O) groups is 4. The molecule has 10 nitrogen and oxygen atoms in total. The number of nitrogens with one attached hydrogen (secondary N) is 1. The van der Waals surface area contributed by atoms with E-state index >= 15 is 0 Å². The highest BCUT2D eigenvalue weighted by molar-refractivity contribution is 5.71. The van der Waals surface area contributed by atoms with Crippen molar-refractivity contribution in [1.82, 2.24) is 10.2 Å². The van der Waals surface area contributed by atoms with Gasteiger partial charge < -0.3 is 24.3 Å². The number of piperidine rings is 1. The van der Waals surface area contributed by atoms with Crippen molar-refractivity contribution in [3.8, 4) is 0 Å². The topological polar surface area (TPSA) is 120 Å². The van der Waals surface area contributed by atoms with Crippen LogP contribution in [-0.2, 0) is 28.5 Å². The molecule has 0 bridgehead atoms. The van der Waals surface area contributed by atoms with Gasteiger partial charge in [0.25, 0.3) is 0 Å². The van der Waals surface area contributed by atoms with Crippen molar-refractivity contribution in [1.29, 1.82) is 0 Å². The standard InChI is InChI=1S/C20H34N2O8/c1-12(23)27-15-9-10-22(18(26)30-20(6,7)8)14(16(15)28-13(2)24)11-21-17(25)29-19(3,4)5/h14-16H,9-11H2,1-8H3,(H,21,25)/t14-,15-,16-/m1/s1. The van der Waals surface area contributed by atoms with E-state index in [1.165, 1.54) is 18.7 Å². The molecular formula is C20H34N2O8. The summed E-state index contributed by atoms with van der Waals surface area (Å²) >= 11 is 0. The second-order valence-electron chi connectivity index (χ2n) is 9.13. The van der Waals surface area contributed by atoms with Crippen molar-refractivity contribution < 1.29 is 38.1 Å². The van der Waals surface area contributed by atoms with Crippen LogP contribution in [0.15, 0.2) is 0 Å². The number of hydrogen-bond acceptors (Lipinski definition) is 8. The minimum Gasteiger partial charge on any atom is -0.458 e. The normalized spacial score (nSPS) is 22.0. The molecule has 0 aliphatic carbocycles. The number of rotatable bonds is 4. The Bertz CT molecular complexity index is 650. The Morgan fingerprint density at radius 1 is 0.900 bits per heavy atom. The average Bonchev–Trinajstić information content (AvgIpc) is 2.50. The monoisotopic (exact) mass is 430 g/mol. The van der Waals surface area contributed by atoms with E-state index in [1.807, 2.05) is 0 Å². The number of nitrogens with zero attached hydrogens (tertiary/aromatic N) is 1. The summed E-state index contributed by atoms with van der Waals surface area (Å²) in [5.41, 5.74) is -1.46. The van der Waals surface area contributed by atoms with Gasteiger partial charge in [-0.2, -0.15) is 0 Å². The van der Waals surface area contributed by atoms with Crippen molar-refractivity contribution in [3.05, 3.63) is 0 Å². The molecular weight excluding hydrogens is 396 g/mol. The van der Waals surface area contributed by atoms with Crippen LogP contribution in [0.4, 0.5) is 9.59 Å². The molecule has 1 rings (SSSR count). The average molecular weight is 430 g/mol. The maximum Gasteiger partial charge on any atom is 0.410 e. The van der Waals surface area contributed by atoms with Crippen molar-refractivity contribution in [2.45, 2.75) is 91.3 Å². The summed E-state index contributed by atoms with van der Waals surface area (Å²) in [6.45, 7) is 12.9. The Morgan fingerprint density at radius 2 is 1.43 bits per heavy atom. The number of ether oxygens (including phenoxy) is 4. The van der Waals surface area contributed by atoms with Crippen molar-refractivity contribution in [2.75, 3.05) is 13.1 Å². The van der Waals surface area contributed by atoms with Crippen LogP contribution in [0, 0.1) is 0 Å². The van der Waals surface area contributed by atoms with Crippen molar-refractivity contribution in [2.24, 2.45) is 0 Å². The summed E-state index contributed by atoms with van der Waals surface area (Å²) < 4.78 is 21.4. The van der Waals surface area contributed by atoms with Gasteiger partial charge in [-0.3, -0.25) is 14.5 Å². The van der Waals surface area contributed by atoms with Crippen LogP contribution in [0.1, 0.15) is 61.8 Å². The molecule has 10 heteroatoms. The molecule has 2 amide bonds. The molecule has 1 N–H and O–H groups in total. The SMILES string of the molecule is CC(=O)O[C@@H]1[C@@H](CNC(=O)OC(C)(C)C)N(C(=O)OC(C)(C)C)CC[C@H]1OC(C)=O. The predicted molar refractivity (Wildman–Crippen MR) is 107 cm³/mol. The molecule has 0 aromatic heterocycles. The van der Waals surface area contributed by atoms with Gasteiger partial charge in [-0.15, -0.1) is 0 Å². The Kier molecular flexibility index (Phi) is 8.50. The van der Waals surface area contributed by atoms with E-state index in [1.54, 1.807) is 41.5 Å². The zero-order valence-corrected chi connectivity index (χ0v) is 19.1. The molecule has 0 aromatic rings. The molecule has 0 aromatic carbocycles. The summed E-state index contributed by atoms with van der Waals surface area (Å²) in [7, 11) is 0. The van der Waals surface area contributed by atoms with E-state index in [9.17, 15) is 19.2 Å². The molecule has 30 heavy (non-hydrogen) atoms. The van der Waals surface area contributed by atoms with Crippen LogP contribution in [0.25, 0.3) is 0 Å². The maximum absolute atomic E-state index is 12.8. The fraction of sp³-hybridized carbons (Fsp3) is 0.800. The first-order valence-corrected chi connectivity index (χ1v) is 9.90. The summed E-state index contributed by atoms with van der Waals surface area (Å²) in [5, 5.41) is 2.59. The highest BCUT2D eigenvalue weighted by atomic mass is 16.6. The van der Waals surface area contributed by atoms with Gasteiger partial charge >= 0.3 is 24.1 Å². The van der Waals surface area contributed by atoms with Gasteiger partial charge in [-0.05, 0) is 41.5 Å². The minimum absolute atomic E-state index is 0.0934. The molecule has 0 saturated carbocycles. The van der Waals surface area contributed by atoms with Gasteiger partial charge in [-0.1, -0.05) is 0 Å². The molecule has 1 heterocycles. The molecule has 172 valence electrons. The van der Waals surface area contributed by atoms with E-state index in [4.69, 9.17) is 18.9 Å². The van der Waals surface area contributed by atoms with Gasteiger partial charge in [0.1, 0.15) is 17.3 Å². The van der Waals surface area contributed by atoms with Crippen molar-refractivity contribution >= 4 is 24.1 Å². The van der Waals surface area contributed by atoms with Crippen LogP contribution in [-0.4, -0.2) is 71.6 Å². The van der Waals surface area contributed by atoms with E-state index < -0.39 is 53.6 Å². The molecule has 0 spiro atoms. The third-order valence-corrected chi connectivity index (χ3v) is 3.90. The lowest BCUT2D eigenvalue weighted by atomic mass is 9.95. The first-order chi connectivity index (χ1) is 13.6. The highest BCUT2D eigenvalue weighted by Gasteiger charge is 2.45. The Morgan fingerprint density at radius 3 is 1.90 bits per heavy atom. The third-order valence-electron chi connectivity index (χ3n) is 3.90. The van der Waals surface area contributed by atoms with Crippen molar-refractivity contribution in [3.63, 3.8) is 0 Å². The van der Waals surface area contributed by atoms with Gasteiger partial charge in [-0.25, -0.2) is 9.59 Å². The number of likely N-dealkylation sites (tertiary alicyclic amines) is 1. The Balaban J connectivity index is 3.13. The van der Waals surface area contributed by atoms with Crippen LogP contribution >= 0.6 is 0 Å². The minimum atomic E-state index is -0.984. The molecule has 0 radical (unpaired) electrons. The molecule has 1 aliphatic rings. The van der Waals surface area contributed by atoms with Gasteiger partial charge in [0, 0.05) is 33.4 Å². The molecule has 3 atom stereocenters. The summed E-state index contributed by atoms with van der Waals surface area (Å²) in [6, 6.07) is -0.825. The lowest BCUT2D eigenvalue weighted by molar-refractivity contribution is -0.177. The lowest BCUT2D eigenvalue weighted by Crippen LogP contribution is -2.62. The van der Waals surface area contributed by atoms with E-state index in [2.05, 4.69) is 5.32 Å². The fourth-order valence-corrected chi connectivity index (χ4v) is 2.98. The lowest BCUT2D eigenvalue weighted by Gasteiger charge is -2.44. The van der Waals surface area contributed by atoms with E-state index in [0.29, 0.717) is 0 Å². The number of esters is 2.